The molecule has 1 aliphatic heterocycles. The lowest BCUT2D eigenvalue weighted by molar-refractivity contribution is -0.145. The lowest BCUT2D eigenvalue weighted by Gasteiger charge is -2.11. The topological polar surface area (TPSA) is 47.6 Å². The number of ether oxygens (including phenoxy) is 1. The summed E-state index contributed by atoms with van der Waals surface area (Å²) in [6.45, 7) is 2.34. The van der Waals surface area contributed by atoms with Gasteiger partial charge in [0, 0.05) is 0 Å². The maximum atomic E-state index is 11.6. The van der Waals surface area contributed by atoms with Crippen molar-refractivity contribution in [1.82, 2.24) is 5.48 Å². The Hall–Kier alpha value is -1.39. The molecule has 4 nitrogen and oxygen atoms in total. The summed E-state index contributed by atoms with van der Waals surface area (Å²) in [7, 11) is 0. The number of carbonyl (C=O) groups is 1. The van der Waals surface area contributed by atoms with Crippen LogP contribution in [0.5, 0.6) is 0 Å². The fraction of sp³-hybridized carbons (Fsp3) is 0.462. The van der Waals surface area contributed by atoms with Crippen molar-refractivity contribution in [3.05, 3.63) is 35.9 Å². The molecule has 0 spiro atoms. The van der Waals surface area contributed by atoms with Gasteiger partial charge in [0.25, 0.3) is 5.91 Å². The van der Waals surface area contributed by atoms with Crippen molar-refractivity contribution in [2.45, 2.75) is 38.6 Å². The summed E-state index contributed by atoms with van der Waals surface area (Å²) in [5, 5.41) is 0. The fourth-order valence-electron chi connectivity index (χ4n) is 1.83. The minimum Gasteiger partial charge on any atom is -0.365 e. The van der Waals surface area contributed by atoms with Gasteiger partial charge in [-0.15, -0.1) is 0 Å². The van der Waals surface area contributed by atoms with Crippen LogP contribution in [0.15, 0.2) is 30.3 Å². The van der Waals surface area contributed by atoms with E-state index in [-0.39, 0.29) is 18.1 Å². The van der Waals surface area contributed by atoms with E-state index in [1.54, 1.807) is 0 Å². The van der Waals surface area contributed by atoms with Crippen molar-refractivity contribution in [1.29, 1.82) is 0 Å². The molecule has 0 aliphatic carbocycles. The SMILES string of the molecule is CC1CCC(C(=O)NOCc2ccccc2)O1. The van der Waals surface area contributed by atoms with Crippen LogP contribution in [-0.2, 0) is 21.0 Å². The lowest BCUT2D eigenvalue weighted by atomic mass is 10.2. The third kappa shape index (κ3) is 3.54. The Bertz CT molecular complexity index is 366. The molecule has 92 valence electrons. The first-order valence-electron chi connectivity index (χ1n) is 5.87. The van der Waals surface area contributed by atoms with E-state index in [2.05, 4.69) is 5.48 Å². The van der Waals surface area contributed by atoms with Crippen LogP contribution in [0.1, 0.15) is 25.3 Å². The van der Waals surface area contributed by atoms with Crippen LogP contribution >= 0.6 is 0 Å². The molecule has 1 fully saturated rings. The monoisotopic (exact) mass is 235 g/mol. The third-order valence-electron chi connectivity index (χ3n) is 2.78. The Labute approximate surface area is 101 Å². The van der Waals surface area contributed by atoms with Gasteiger partial charge < -0.3 is 4.74 Å². The average molecular weight is 235 g/mol. The van der Waals surface area contributed by atoms with Crippen molar-refractivity contribution in [3.63, 3.8) is 0 Å². The molecule has 2 rings (SSSR count). The van der Waals surface area contributed by atoms with E-state index in [0.717, 1.165) is 18.4 Å². The molecule has 1 aromatic carbocycles. The van der Waals surface area contributed by atoms with E-state index in [4.69, 9.17) is 9.57 Å². The molecule has 0 saturated carbocycles. The molecule has 1 amide bonds. The minimum absolute atomic E-state index is 0.167. The molecule has 0 bridgehead atoms. The summed E-state index contributed by atoms with van der Waals surface area (Å²) >= 11 is 0. The van der Waals surface area contributed by atoms with Gasteiger partial charge in [0.15, 0.2) is 0 Å². The Balaban J connectivity index is 1.70. The number of carbonyl (C=O) groups excluding carboxylic acids is 1. The number of hydrogen-bond donors (Lipinski definition) is 1. The Morgan fingerprint density at radius 3 is 2.82 bits per heavy atom. The van der Waals surface area contributed by atoms with Gasteiger partial charge in [0.05, 0.1) is 12.7 Å². The van der Waals surface area contributed by atoms with Crippen LogP contribution in [0.4, 0.5) is 0 Å². The van der Waals surface area contributed by atoms with Gasteiger partial charge in [-0.25, -0.2) is 5.48 Å². The van der Waals surface area contributed by atoms with Crippen LogP contribution in [0.25, 0.3) is 0 Å². The maximum absolute atomic E-state index is 11.6. The van der Waals surface area contributed by atoms with E-state index in [0.29, 0.717) is 6.61 Å². The van der Waals surface area contributed by atoms with Gasteiger partial charge in [-0.05, 0) is 25.3 Å². The number of benzene rings is 1. The van der Waals surface area contributed by atoms with E-state index < -0.39 is 0 Å². The maximum Gasteiger partial charge on any atom is 0.272 e. The zero-order valence-electron chi connectivity index (χ0n) is 9.89. The van der Waals surface area contributed by atoms with Gasteiger partial charge in [-0.2, -0.15) is 0 Å². The summed E-state index contributed by atoms with van der Waals surface area (Å²) in [6, 6.07) is 9.70. The highest BCUT2D eigenvalue weighted by Gasteiger charge is 2.28. The third-order valence-corrected chi connectivity index (χ3v) is 2.78. The highest BCUT2D eigenvalue weighted by atomic mass is 16.7. The van der Waals surface area contributed by atoms with Crippen molar-refractivity contribution >= 4 is 5.91 Å². The normalized spacial score (nSPS) is 23.6. The summed E-state index contributed by atoms with van der Waals surface area (Å²) in [5.41, 5.74) is 3.45. The molecule has 4 heteroatoms. The molecule has 1 saturated heterocycles. The first-order chi connectivity index (χ1) is 8.25. The quantitative estimate of drug-likeness (QED) is 0.809. The molecule has 1 heterocycles. The summed E-state index contributed by atoms with van der Waals surface area (Å²) in [4.78, 5) is 16.8. The molecule has 2 atom stereocenters. The van der Waals surface area contributed by atoms with Gasteiger partial charge in [-0.3, -0.25) is 9.63 Å². The molecule has 1 aromatic rings. The number of amides is 1. The molecule has 17 heavy (non-hydrogen) atoms. The molecule has 1 aliphatic rings. The zero-order valence-corrected chi connectivity index (χ0v) is 9.89. The van der Waals surface area contributed by atoms with E-state index in [9.17, 15) is 4.79 Å². The van der Waals surface area contributed by atoms with Crippen LogP contribution < -0.4 is 5.48 Å². The van der Waals surface area contributed by atoms with Crippen molar-refractivity contribution in [3.8, 4) is 0 Å². The van der Waals surface area contributed by atoms with Crippen LogP contribution in [0.3, 0.4) is 0 Å². The van der Waals surface area contributed by atoms with Gasteiger partial charge in [0.2, 0.25) is 0 Å². The summed E-state index contributed by atoms with van der Waals surface area (Å²) in [6.07, 6.45) is 1.50. The first kappa shape index (κ1) is 12.1. The average Bonchev–Trinajstić information content (AvgIpc) is 2.77. The molecule has 0 radical (unpaired) electrons. The van der Waals surface area contributed by atoms with Gasteiger partial charge in [0.1, 0.15) is 6.10 Å². The summed E-state index contributed by atoms with van der Waals surface area (Å²) in [5.74, 6) is -0.190. The number of nitrogens with one attached hydrogen (secondary N) is 1. The van der Waals surface area contributed by atoms with Gasteiger partial charge >= 0.3 is 0 Å². The highest BCUT2D eigenvalue weighted by Crippen LogP contribution is 2.18. The largest absolute Gasteiger partial charge is 0.365 e. The molecule has 0 aromatic heterocycles. The first-order valence-corrected chi connectivity index (χ1v) is 5.87. The van der Waals surface area contributed by atoms with Crippen LogP contribution in [0, 0.1) is 0 Å². The number of hydrogen-bond acceptors (Lipinski definition) is 3. The number of hydroxylamine groups is 1. The van der Waals surface area contributed by atoms with Crippen molar-refractivity contribution in [2.75, 3.05) is 0 Å². The second-order valence-corrected chi connectivity index (χ2v) is 4.25. The molecular formula is C13H17NO3. The Morgan fingerprint density at radius 2 is 2.18 bits per heavy atom. The zero-order chi connectivity index (χ0) is 12.1. The van der Waals surface area contributed by atoms with E-state index >= 15 is 0 Å². The number of rotatable bonds is 4. The predicted octanol–water partition coefficient (Wildman–Crippen LogP) is 1.80. The Morgan fingerprint density at radius 1 is 1.41 bits per heavy atom. The van der Waals surface area contributed by atoms with E-state index in [1.807, 2.05) is 37.3 Å². The highest BCUT2D eigenvalue weighted by molar-refractivity contribution is 5.79. The second kappa shape index (κ2) is 5.80. The lowest BCUT2D eigenvalue weighted by Crippen LogP contribution is -2.34. The Kier molecular flexibility index (Phi) is 4.12. The second-order valence-electron chi connectivity index (χ2n) is 4.25. The van der Waals surface area contributed by atoms with E-state index in [1.165, 1.54) is 0 Å². The minimum atomic E-state index is -0.360. The fourth-order valence-corrected chi connectivity index (χ4v) is 1.83. The summed E-state index contributed by atoms with van der Waals surface area (Å²) < 4.78 is 5.43. The van der Waals surface area contributed by atoms with Crippen LogP contribution in [0.2, 0.25) is 0 Å². The van der Waals surface area contributed by atoms with Crippen molar-refractivity contribution in [2.24, 2.45) is 0 Å². The van der Waals surface area contributed by atoms with Gasteiger partial charge in [-0.1, -0.05) is 30.3 Å². The van der Waals surface area contributed by atoms with Crippen LogP contribution in [-0.4, -0.2) is 18.1 Å². The molecule has 2 unspecified atom stereocenters. The van der Waals surface area contributed by atoms with Crippen molar-refractivity contribution < 1.29 is 14.4 Å². The predicted molar refractivity (Wildman–Crippen MR) is 62.9 cm³/mol. The molecular weight excluding hydrogens is 218 g/mol. The smallest absolute Gasteiger partial charge is 0.272 e. The standard InChI is InChI=1S/C13H17NO3/c1-10-7-8-12(17-10)13(15)14-16-9-11-5-3-2-4-6-11/h2-6,10,12H,7-9H2,1H3,(H,14,15). The molecule has 1 N–H and O–H groups in total.